The van der Waals surface area contributed by atoms with Crippen LogP contribution in [0.3, 0.4) is 0 Å². The van der Waals surface area contributed by atoms with Crippen molar-refractivity contribution in [2.45, 2.75) is 6.92 Å². The van der Waals surface area contributed by atoms with Gasteiger partial charge in [0, 0.05) is 10.7 Å². The SMILES string of the molecule is CCOc1cc(Br)cc2sc(-n3cccc3C=O)nc12. The molecular formula is C14H11BrN2O2S. The van der Waals surface area contributed by atoms with Crippen LogP contribution in [0.15, 0.2) is 34.9 Å². The summed E-state index contributed by atoms with van der Waals surface area (Å²) in [6.45, 7) is 2.53. The number of nitrogens with zero attached hydrogens (tertiary/aromatic N) is 2. The van der Waals surface area contributed by atoms with Crippen molar-refractivity contribution in [1.82, 2.24) is 9.55 Å². The third-order valence-corrected chi connectivity index (χ3v) is 4.28. The molecule has 6 heteroatoms. The van der Waals surface area contributed by atoms with Crippen LogP contribution in [0.2, 0.25) is 0 Å². The molecule has 2 aromatic heterocycles. The Bertz CT molecular complexity index is 779. The number of carbonyl (C=O) groups excluding carboxylic acids is 1. The summed E-state index contributed by atoms with van der Waals surface area (Å²) < 4.78 is 9.37. The number of thiazole rings is 1. The van der Waals surface area contributed by atoms with E-state index in [1.165, 1.54) is 11.3 Å². The summed E-state index contributed by atoms with van der Waals surface area (Å²) in [5.74, 6) is 0.749. The molecule has 2 heterocycles. The lowest BCUT2D eigenvalue weighted by Crippen LogP contribution is -1.96. The molecule has 0 fully saturated rings. The third kappa shape index (κ3) is 2.25. The van der Waals surface area contributed by atoms with Crippen LogP contribution in [0.1, 0.15) is 17.4 Å². The van der Waals surface area contributed by atoms with E-state index in [4.69, 9.17) is 4.74 Å². The van der Waals surface area contributed by atoms with Gasteiger partial charge in [-0.25, -0.2) is 4.98 Å². The molecule has 0 bridgehead atoms. The molecule has 0 aliphatic rings. The van der Waals surface area contributed by atoms with Crippen LogP contribution in [0.5, 0.6) is 5.75 Å². The third-order valence-electron chi connectivity index (χ3n) is 2.82. The Morgan fingerprint density at radius 3 is 3.10 bits per heavy atom. The molecule has 0 saturated carbocycles. The van der Waals surface area contributed by atoms with Crippen LogP contribution in [-0.4, -0.2) is 22.4 Å². The molecular weight excluding hydrogens is 340 g/mol. The summed E-state index contributed by atoms with van der Waals surface area (Å²) >= 11 is 5.00. The normalized spacial score (nSPS) is 10.9. The summed E-state index contributed by atoms with van der Waals surface area (Å²) in [6.07, 6.45) is 2.66. The smallest absolute Gasteiger partial charge is 0.195 e. The summed E-state index contributed by atoms with van der Waals surface area (Å²) in [4.78, 5) is 15.6. The van der Waals surface area contributed by atoms with Gasteiger partial charge in [0.2, 0.25) is 0 Å². The van der Waals surface area contributed by atoms with Crippen LogP contribution in [0.25, 0.3) is 15.3 Å². The van der Waals surface area contributed by atoms with E-state index in [-0.39, 0.29) is 0 Å². The number of hydrogen-bond acceptors (Lipinski definition) is 4. The van der Waals surface area contributed by atoms with E-state index >= 15 is 0 Å². The van der Waals surface area contributed by atoms with Crippen molar-refractivity contribution in [2.24, 2.45) is 0 Å². The molecule has 0 amide bonds. The highest BCUT2D eigenvalue weighted by atomic mass is 79.9. The number of rotatable bonds is 4. The fraction of sp³-hybridized carbons (Fsp3) is 0.143. The molecule has 0 radical (unpaired) electrons. The first-order valence-electron chi connectivity index (χ1n) is 6.08. The standard InChI is InChI=1S/C14H11BrN2O2S/c1-2-19-11-6-9(15)7-12-13(11)16-14(20-12)17-5-3-4-10(17)8-18/h3-8H,2H2,1H3. The number of aromatic nitrogens is 2. The monoisotopic (exact) mass is 350 g/mol. The van der Waals surface area contributed by atoms with Gasteiger partial charge in [-0.2, -0.15) is 0 Å². The van der Waals surface area contributed by atoms with E-state index in [0.29, 0.717) is 12.3 Å². The minimum atomic E-state index is 0.584. The molecule has 102 valence electrons. The lowest BCUT2D eigenvalue weighted by Gasteiger charge is -2.03. The number of hydrogen-bond donors (Lipinski definition) is 0. The largest absolute Gasteiger partial charge is 0.492 e. The van der Waals surface area contributed by atoms with E-state index < -0.39 is 0 Å². The first kappa shape index (κ1) is 13.3. The summed E-state index contributed by atoms with van der Waals surface area (Å²) in [5.41, 5.74) is 1.40. The van der Waals surface area contributed by atoms with Gasteiger partial charge in [0.1, 0.15) is 11.3 Å². The van der Waals surface area contributed by atoms with Crippen molar-refractivity contribution in [3.63, 3.8) is 0 Å². The molecule has 0 saturated heterocycles. The first-order chi connectivity index (χ1) is 9.72. The zero-order chi connectivity index (χ0) is 14.1. The van der Waals surface area contributed by atoms with Gasteiger partial charge in [-0.15, -0.1) is 0 Å². The Balaban J connectivity index is 2.20. The van der Waals surface area contributed by atoms with Gasteiger partial charge in [0.15, 0.2) is 11.4 Å². The zero-order valence-corrected chi connectivity index (χ0v) is 13.1. The minimum absolute atomic E-state index is 0.584. The molecule has 0 N–H and O–H groups in total. The average Bonchev–Trinajstić information content (AvgIpc) is 3.03. The quantitative estimate of drug-likeness (QED) is 0.666. The topological polar surface area (TPSA) is 44.1 Å². The Hall–Kier alpha value is -1.66. The Morgan fingerprint density at radius 1 is 1.50 bits per heavy atom. The van der Waals surface area contributed by atoms with Crippen molar-refractivity contribution in [3.05, 3.63) is 40.6 Å². The molecule has 0 unspecified atom stereocenters. The zero-order valence-electron chi connectivity index (χ0n) is 10.7. The van der Waals surface area contributed by atoms with E-state index in [0.717, 1.165) is 31.9 Å². The van der Waals surface area contributed by atoms with E-state index in [1.54, 1.807) is 10.6 Å². The molecule has 3 rings (SSSR count). The number of aldehydes is 1. The molecule has 3 aromatic rings. The highest BCUT2D eigenvalue weighted by Gasteiger charge is 2.13. The second kappa shape index (κ2) is 5.38. The fourth-order valence-electron chi connectivity index (χ4n) is 1.99. The molecule has 0 aliphatic carbocycles. The van der Waals surface area contributed by atoms with Gasteiger partial charge < -0.3 is 4.74 Å². The second-order valence-corrected chi connectivity index (χ2v) is 6.03. The molecule has 20 heavy (non-hydrogen) atoms. The van der Waals surface area contributed by atoms with Crippen molar-refractivity contribution >= 4 is 43.8 Å². The lowest BCUT2D eigenvalue weighted by atomic mass is 10.3. The number of carbonyl (C=O) groups is 1. The summed E-state index contributed by atoms with van der Waals surface area (Å²) in [7, 11) is 0. The molecule has 0 aliphatic heterocycles. The van der Waals surface area contributed by atoms with E-state index in [2.05, 4.69) is 20.9 Å². The highest BCUT2D eigenvalue weighted by molar-refractivity contribution is 9.10. The number of halogens is 1. The minimum Gasteiger partial charge on any atom is -0.492 e. The van der Waals surface area contributed by atoms with Crippen molar-refractivity contribution < 1.29 is 9.53 Å². The molecule has 0 atom stereocenters. The number of benzene rings is 1. The molecule has 0 spiro atoms. The maximum absolute atomic E-state index is 11.0. The van der Waals surface area contributed by atoms with Crippen LogP contribution in [-0.2, 0) is 0 Å². The van der Waals surface area contributed by atoms with Gasteiger partial charge in [-0.05, 0) is 31.2 Å². The maximum atomic E-state index is 11.0. The van der Waals surface area contributed by atoms with Gasteiger partial charge in [0.25, 0.3) is 0 Å². The Kier molecular flexibility index (Phi) is 3.58. The average molecular weight is 351 g/mol. The Morgan fingerprint density at radius 2 is 2.35 bits per heavy atom. The predicted molar refractivity (Wildman–Crippen MR) is 83.2 cm³/mol. The van der Waals surface area contributed by atoms with Crippen LogP contribution in [0.4, 0.5) is 0 Å². The summed E-state index contributed by atoms with van der Waals surface area (Å²) in [5, 5.41) is 0.756. The Labute approximate surface area is 128 Å². The number of ether oxygens (including phenoxy) is 1. The predicted octanol–water partition coefficient (Wildman–Crippen LogP) is 4.06. The number of fused-ring (bicyclic) bond motifs is 1. The molecule has 4 nitrogen and oxygen atoms in total. The van der Waals surface area contributed by atoms with Crippen LogP contribution in [0, 0.1) is 0 Å². The van der Waals surface area contributed by atoms with Crippen LogP contribution < -0.4 is 4.74 Å². The maximum Gasteiger partial charge on any atom is 0.195 e. The van der Waals surface area contributed by atoms with Gasteiger partial charge in [-0.3, -0.25) is 9.36 Å². The van der Waals surface area contributed by atoms with Crippen LogP contribution >= 0.6 is 27.3 Å². The summed E-state index contributed by atoms with van der Waals surface area (Å²) in [6, 6.07) is 7.50. The van der Waals surface area contributed by atoms with Crippen molar-refractivity contribution in [1.29, 1.82) is 0 Å². The lowest BCUT2D eigenvalue weighted by molar-refractivity contribution is 0.111. The fourth-order valence-corrected chi connectivity index (χ4v) is 3.60. The van der Waals surface area contributed by atoms with E-state index in [9.17, 15) is 4.79 Å². The van der Waals surface area contributed by atoms with Crippen molar-refractivity contribution in [2.75, 3.05) is 6.61 Å². The first-order valence-corrected chi connectivity index (χ1v) is 7.69. The molecule has 1 aromatic carbocycles. The second-order valence-electron chi connectivity index (χ2n) is 4.10. The van der Waals surface area contributed by atoms with Gasteiger partial charge in [0.05, 0.1) is 17.0 Å². The van der Waals surface area contributed by atoms with Gasteiger partial charge in [-0.1, -0.05) is 27.3 Å². The van der Waals surface area contributed by atoms with E-state index in [1.807, 2.05) is 31.3 Å². The highest BCUT2D eigenvalue weighted by Crippen LogP contribution is 2.35. The van der Waals surface area contributed by atoms with Crippen molar-refractivity contribution in [3.8, 4) is 10.9 Å². The van der Waals surface area contributed by atoms with Gasteiger partial charge >= 0.3 is 0 Å².